The molecule has 17 heavy (non-hydrogen) atoms. The fraction of sp³-hybridized carbons (Fsp3) is 0.625. The van der Waals surface area contributed by atoms with Gasteiger partial charge in [-0.1, -0.05) is 67.4 Å². The van der Waals surface area contributed by atoms with Crippen LogP contribution in [0, 0.1) is 0 Å². The van der Waals surface area contributed by atoms with Crippen LogP contribution in [0.2, 0.25) is 0 Å². The molecular formula is C16H23Br. The van der Waals surface area contributed by atoms with Gasteiger partial charge in [0.25, 0.3) is 0 Å². The number of hydrogen-bond acceptors (Lipinski definition) is 0. The fourth-order valence-electron chi connectivity index (χ4n) is 2.77. The van der Waals surface area contributed by atoms with Crippen LogP contribution in [-0.4, -0.2) is 4.83 Å². The lowest BCUT2D eigenvalue weighted by molar-refractivity contribution is 0.419. The van der Waals surface area contributed by atoms with Crippen molar-refractivity contribution in [1.82, 2.24) is 0 Å². The first-order chi connectivity index (χ1) is 7.99. The summed E-state index contributed by atoms with van der Waals surface area (Å²) in [6.07, 6.45) is 5.37. The summed E-state index contributed by atoms with van der Waals surface area (Å²) in [5.41, 5.74) is 3.27. The van der Waals surface area contributed by atoms with Crippen LogP contribution in [0.5, 0.6) is 0 Å². The maximum atomic E-state index is 3.67. The summed E-state index contributed by atoms with van der Waals surface area (Å²) >= 11 is 3.67. The average molecular weight is 295 g/mol. The van der Waals surface area contributed by atoms with Gasteiger partial charge in [0.2, 0.25) is 0 Å². The summed E-state index contributed by atoms with van der Waals surface area (Å²) < 4.78 is 0. The van der Waals surface area contributed by atoms with Crippen molar-refractivity contribution in [3.63, 3.8) is 0 Å². The Labute approximate surface area is 114 Å². The van der Waals surface area contributed by atoms with Crippen molar-refractivity contribution in [3.8, 4) is 0 Å². The van der Waals surface area contributed by atoms with E-state index in [4.69, 9.17) is 0 Å². The number of benzene rings is 1. The maximum Gasteiger partial charge on any atom is 0.0125 e. The summed E-state index contributed by atoms with van der Waals surface area (Å²) in [4.78, 5) is 0.573. The molecule has 0 radical (unpaired) electrons. The third kappa shape index (κ3) is 3.13. The van der Waals surface area contributed by atoms with E-state index in [0.717, 1.165) is 5.92 Å². The molecular weight excluding hydrogens is 272 g/mol. The van der Waals surface area contributed by atoms with E-state index >= 15 is 0 Å². The number of hydrogen-bond donors (Lipinski definition) is 0. The van der Waals surface area contributed by atoms with E-state index in [1.165, 1.54) is 31.2 Å². The maximum absolute atomic E-state index is 3.67. The quantitative estimate of drug-likeness (QED) is 0.652. The van der Waals surface area contributed by atoms with Crippen LogP contribution in [0.3, 0.4) is 0 Å². The van der Waals surface area contributed by atoms with E-state index in [1.807, 2.05) is 0 Å². The smallest absolute Gasteiger partial charge is 0.0125 e. The second kappa shape index (κ2) is 5.14. The van der Waals surface area contributed by atoms with Crippen molar-refractivity contribution < 1.29 is 0 Å². The van der Waals surface area contributed by atoms with E-state index in [-0.39, 0.29) is 5.41 Å². The topological polar surface area (TPSA) is 0 Å². The van der Waals surface area contributed by atoms with Crippen LogP contribution in [0.4, 0.5) is 0 Å². The first kappa shape index (κ1) is 13.1. The van der Waals surface area contributed by atoms with Gasteiger partial charge in [-0.25, -0.2) is 0 Å². The van der Waals surface area contributed by atoms with Crippen LogP contribution >= 0.6 is 15.9 Å². The van der Waals surface area contributed by atoms with Gasteiger partial charge in [0.05, 0.1) is 0 Å². The van der Waals surface area contributed by atoms with Gasteiger partial charge in [0, 0.05) is 4.83 Å². The van der Waals surface area contributed by atoms with Gasteiger partial charge in [-0.3, -0.25) is 0 Å². The highest BCUT2D eigenvalue weighted by molar-refractivity contribution is 9.09. The Balaban J connectivity index is 2.10. The van der Waals surface area contributed by atoms with Crippen LogP contribution in [0.15, 0.2) is 24.3 Å². The first-order valence-electron chi connectivity index (χ1n) is 6.73. The normalized spacial score (nSPS) is 18.8. The van der Waals surface area contributed by atoms with Gasteiger partial charge in [-0.05, 0) is 41.7 Å². The molecule has 0 saturated heterocycles. The van der Waals surface area contributed by atoms with Crippen LogP contribution < -0.4 is 0 Å². The third-order valence-electron chi connectivity index (χ3n) is 4.06. The zero-order chi connectivity index (χ0) is 12.5. The molecule has 0 spiro atoms. The Hall–Kier alpha value is -0.300. The van der Waals surface area contributed by atoms with Crippen molar-refractivity contribution in [2.24, 2.45) is 0 Å². The lowest BCUT2D eigenvalue weighted by atomic mass is 9.77. The van der Waals surface area contributed by atoms with E-state index in [2.05, 4.69) is 61.0 Å². The van der Waals surface area contributed by atoms with Crippen LogP contribution in [-0.2, 0) is 5.41 Å². The molecule has 1 saturated carbocycles. The molecule has 1 atom stereocenters. The van der Waals surface area contributed by atoms with Crippen molar-refractivity contribution in [3.05, 3.63) is 35.4 Å². The molecule has 0 heterocycles. The molecule has 1 unspecified atom stereocenters. The molecule has 1 aliphatic carbocycles. The molecule has 1 aromatic rings. The Morgan fingerprint density at radius 3 is 2.24 bits per heavy atom. The summed E-state index contributed by atoms with van der Waals surface area (Å²) in [5, 5.41) is 0. The molecule has 1 aliphatic rings. The minimum atomic E-state index is 0.265. The monoisotopic (exact) mass is 294 g/mol. The minimum absolute atomic E-state index is 0.265. The number of rotatable bonds is 4. The second-order valence-electron chi connectivity index (χ2n) is 6.12. The summed E-state index contributed by atoms with van der Waals surface area (Å²) in [7, 11) is 0. The van der Waals surface area contributed by atoms with Crippen molar-refractivity contribution in [2.75, 3.05) is 0 Å². The fourth-order valence-corrected chi connectivity index (χ4v) is 3.58. The highest BCUT2D eigenvalue weighted by atomic mass is 79.9. The van der Waals surface area contributed by atoms with E-state index < -0.39 is 0 Å². The van der Waals surface area contributed by atoms with Crippen molar-refractivity contribution >= 4 is 15.9 Å². The average Bonchev–Trinajstić information content (AvgIpc) is 2.13. The second-order valence-corrected chi connectivity index (χ2v) is 7.68. The Morgan fingerprint density at radius 1 is 1.24 bits per heavy atom. The molecule has 0 nitrogen and oxygen atoms in total. The van der Waals surface area contributed by atoms with E-state index in [0.29, 0.717) is 4.83 Å². The van der Waals surface area contributed by atoms with Crippen molar-refractivity contribution in [2.45, 2.75) is 62.6 Å². The predicted octanol–water partition coefficient (Wildman–Crippen LogP) is 5.41. The molecule has 2 rings (SSSR count). The Bertz CT molecular complexity index is 358. The van der Waals surface area contributed by atoms with E-state index in [9.17, 15) is 0 Å². The SMILES string of the molecule is CC(Br)CC(C)(C)c1ccc(C2CCC2)cc1. The summed E-state index contributed by atoms with van der Waals surface area (Å²) in [6.45, 7) is 6.90. The molecule has 0 aliphatic heterocycles. The Morgan fingerprint density at radius 2 is 1.82 bits per heavy atom. The minimum Gasteiger partial charge on any atom is -0.0893 e. The summed E-state index contributed by atoms with van der Waals surface area (Å²) in [6, 6.07) is 9.37. The van der Waals surface area contributed by atoms with Gasteiger partial charge in [0.1, 0.15) is 0 Å². The van der Waals surface area contributed by atoms with Gasteiger partial charge in [-0.2, -0.15) is 0 Å². The summed E-state index contributed by atoms with van der Waals surface area (Å²) in [5.74, 6) is 0.849. The largest absolute Gasteiger partial charge is 0.0893 e. The van der Waals surface area contributed by atoms with Crippen LogP contribution in [0.1, 0.15) is 63.5 Å². The highest BCUT2D eigenvalue weighted by Gasteiger charge is 2.24. The number of alkyl halides is 1. The molecule has 0 N–H and O–H groups in total. The molecule has 0 bridgehead atoms. The lowest BCUT2D eigenvalue weighted by Crippen LogP contribution is -2.20. The molecule has 0 aromatic heterocycles. The number of halogens is 1. The van der Waals surface area contributed by atoms with Gasteiger partial charge >= 0.3 is 0 Å². The zero-order valence-electron chi connectivity index (χ0n) is 11.2. The Kier molecular flexibility index (Phi) is 3.97. The van der Waals surface area contributed by atoms with E-state index in [1.54, 1.807) is 5.56 Å². The predicted molar refractivity (Wildman–Crippen MR) is 79.1 cm³/mol. The molecule has 1 aromatic carbocycles. The highest BCUT2D eigenvalue weighted by Crippen LogP contribution is 2.37. The first-order valence-corrected chi connectivity index (χ1v) is 7.65. The molecule has 1 heteroatoms. The molecule has 1 fully saturated rings. The van der Waals surface area contributed by atoms with Gasteiger partial charge in [0.15, 0.2) is 0 Å². The van der Waals surface area contributed by atoms with Crippen LogP contribution in [0.25, 0.3) is 0 Å². The van der Waals surface area contributed by atoms with Gasteiger partial charge in [-0.15, -0.1) is 0 Å². The third-order valence-corrected chi connectivity index (χ3v) is 4.38. The lowest BCUT2D eigenvalue weighted by Gasteiger charge is -2.29. The van der Waals surface area contributed by atoms with Gasteiger partial charge < -0.3 is 0 Å². The standard InChI is InChI=1S/C16H23Br/c1-12(17)11-16(2,3)15-9-7-14(8-10-15)13-5-4-6-13/h7-10,12-13H,4-6,11H2,1-3H3. The van der Waals surface area contributed by atoms with Crippen molar-refractivity contribution in [1.29, 1.82) is 0 Å². The molecule has 0 amide bonds. The molecule has 94 valence electrons. The zero-order valence-corrected chi connectivity index (χ0v) is 12.8.